The van der Waals surface area contributed by atoms with Gasteiger partial charge in [-0.2, -0.15) is 0 Å². The molecule has 1 fully saturated rings. The second-order valence-corrected chi connectivity index (χ2v) is 3.53. The van der Waals surface area contributed by atoms with Gasteiger partial charge >= 0.3 is 0 Å². The Kier molecular flexibility index (Phi) is 1.59. The summed E-state index contributed by atoms with van der Waals surface area (Å²) in [5.41, 5.74) is 1.09. The zero-order valence-corrected chi connectivity index (χ0v) is 7.67. The van der Waals surface area contributed by atoms with Crippen molar-refractivity contribution >= 4 is 0 Å². The summed E-state index contributed by atoms with van der Waals surface area (Å²) >= 11 is 0. The molecule has 0 spiro atoms. The third kappa shape index (κ3) is 1.19. The maximum atomic E-state index is 4.13. The monoisotopic (exact) mass is 186 g/mol. The molecule has 2 aromatic heterocycles. The Morgan fingerprint density at radius 1 is 1.21 bits per heavy atom. The summed E-state index contributed by atoms with van der Waals surface area (Å²) in [7, 11) is 0. The summed E-state index contributed by atoms with van der Waals surface area (Å²) in [6.45, 7) is 0. The van der Waals surface area contributed by atoms with E-state index in [4.69, 9.17) is 0 Å². The van der Waals surface area contributed by atoms with E-state index >= 15 is 0 Å². The van der Waals surface area contributed by atoms with Gasteiger partial charge in [-0.15, -0.1) is 10.2 Å². The van der Waals surface area contributed by atoms with Gasteiger partial charge in [0, 0.05) is 24.0 Å². The average Bonchev–Trinajstić information content (AvgIpc) is 2.98. The van der Waals surface area contributed by atoms with Gasteiger partial charge in [0.1, 0.15) is 6.33 Å². The molecule has 0 saturated heterocycles. The van der Waals surface area contributed by atoms with Crippen LogP contribution in [0.3, 0.4) is 0 Å². The Morgan fingerprint density at radius 2 is 2.00 bits per heavy atom. The van der Waals surface area contributed by atoms with E-state index in [9.17, 15) is 0 Å². The molecule has 2 aromatic rings. The smallest absolute Gasteiger partial charge is 0.164 e. The van der Waals surface area contributed by atoms with Gasteiger partial charge in [0.25, 0.3) is 0 Å². The summed E-state index contributed by atoms with van der Waals surface area (Å²) in [5, 5.41) is 8.09. The van der Waals surface area contributed by atoms with Crippen LogP contribution >= 0.6 is 0 Å². The second kappa shape index (κ2) is 2.90. The van der Waals surface area contributed by atoms with Crippen molar-refractivity contribution in [1.29, 1.82) is 0 Å². The molecule has 0 aliphatic heterocycles. The summed E-state index contributed by atoms with van der Waals surface area (Å²) < 4.78 is 2.15. The molecule has 4 heteroatoms. The molecule has 3 rings (SSSR count). The van der Waals surface area contributed by atoms with Crippen LogP contribution in [0, 0.1) is 0 Å². The Balaban J connectivity index is 2.07. The number of hydrogen-bond donors (Lipinski definition) is 0. The molecule has 4 nitrogen and oxygen atoms in total. The molecule has 1 aliphatic rings. The fourth-order valence-electron chi connectivity index (χ4n) is 1.57. The Bertz CT molecular complexity index is 430. The highest BCUT2D eigenvalue weighted by molar-refractivity contribution is 5.53. The van der Waals surface area contributed by atoms with Crippen LogP contribution in [0.1, 0.15) is 18.9 Å². The molecule has 14 heavy (non-hydrogen) atoms. The molecule has 0 radical (unpaired) electrons. The van der Waals surface area contributed by atoms with Crippen molar-refractivity contribution in [2.24, 2.45) is 0 Å². The van der Waals surface area contributed by atoms with Gasteiger partial charge in [-0.05, 0) is 25.0 Å². The minimum absolute atomic E-state index is 0.619. The van der Waals surface area contributed by atoms with E-state index in [0.717, 1.165) is 11.4 Å². The van der Waals surface area contributed by atoms with Crippen molar-refractivity contribution in [2.75, 3.05) is 0 Å². The van der Waals surface area contributed by atoms with Crippen molar-refractivity contribution in [1.82, 2.24) is 19.7 Å². The summed E-state index contributed by atoms with van der Waals surface area (Å²) in [6, 6.07) is 4.54. The van der Waals surface area contributed by atoms with Gasteiger partial charge in [-0.25, -0.2) is 0 Å². The van der Waals surface area contributed by atoms with Crippen molar-refractivity contribution in [3.8, 4) is 11.4 Å². The molecule has 0 N–H and O–H groups in total. The van der Waals surface area contributed by atoms with Gasteiger partial charge in [0.2, 0.25) is 0 Å². The molecule has 0 atom stereocenters. The highest BCUT2D eigenvalue weighted by atomic mass is 15.3. The normalized spacial score (nSPS) is 15.7. The molecular weight excluding hydrogens is 176 g/mol. The predicted molar refractivity (Wildman–Crippen MR) is 51.5 cm³/mol. The Morgan fingerprint density at radius 3 is 2.71 bits per heavy atom. The lowest BCUT2D eigenvalue weighted by molar-refractivity contribution is 0.746. The van der Waals surface area contributed by atoms with E-state index in [1.807, 2.05) is 18.5 Å². The lowest BCUT2D eigenvalue weighted by Crippen LogP contribution is -1.95. The quantitative estimate of drug-likeness (QED) is 0.716. The largest absolute Gasteiger partial charge is 0.310 e. The van der Waals surface area contributed by atoms with Gasteiger partial charge in [-0.1, -0.05) is 0 Å². The first-order valence-electron chi connectivity index (χ1n) is 4.75. The van der Waals surface area contributed by atoms with Crippen LogP contribution in [0.15, 0.2) is 30.9 Å². The first-order valence-corrected chi connectivity index (χ1v) is 4.75. The maximum absolute atomic E-state index is 4.13. The number of rotatable bonds is 2. The standard InChI is InChI=1S/C10H10N4/c1-2-9(1)14-7-12-13-10(14)8-3-5-11-6-4-8/h3-7,9H,1-2H2. The van der Waals surface area contributed by atoms with Crippen molar-refractivity contribution in [3.05, 3.63) is 30.9 Å². The number of pyridine rings is 1. The van der Waals surface area contributed by atoms with Crippen LogP contribution in [0.4, 0.5) is 0 Å². The molecule has 0 aromatic carbocycles. The van der Waals surface area contributed by atoms with Gasteiger partial charge in [-0.3, -0.25) is 4.98 Å². The lowest BCUT2D eigenvalue weighted by atomic mass is 10.2. The molecule has 2 heterocycles. The molecule has 0 bridgehead atoms. The molecule has 70 valence electrons. The molecule has 0 amide bonds. The summed E-state index contributed by atoms with van der Waals surface area (Å²) in [6.07, 6.45) is 7.86. The second-order valence-electron chi connectivity index (χ2n) is 3.53. The fraction of sp³-hybridized carbons (Fsp3) is 0.300. The minimum Gasteiger partial charge on any atom is -0.310 e. The topological polar surface area (TPSA) is 43.6 Å². The van der Waals surface area contributed by atoms with Crippen LogP contribution in [-0.4, -0.2) is 19.7 Å². The van der Waals surface area contributed by atoms with Crippen LogP contribution in [0.2, 0.25) is 0 Å². The lowest BCUT2D eigenvalue weighted by Gasteiger charge is -2.03. The third-order valence-corrected chi connectivity index (χ3v) is 2.45. The predicted octanol–water partition coefficient (Wildman–Crippen LogP) is 1.67. The highest BCUT2D eigenvalue weighted by Gasteiger charge is 2.26. The van der Waals surface area contributed by atoms with E-state index < -0.39 is 0 Å². The number of nitrogens with zero attached hydrogens (tertiary/aromatic N) is 4. The molecule has 1 aliphatic carbocycles. The molecular formula is C10H10N4. The van der Waals surface area contributed by atoms with Crippen LogP contribution in [0.5, 0.6) is 0 Å². The van der Waals surface area contributed by atoms with Gasteiger partial charge < -0.3 is 4.57 Å². The Labute approximate surface area is 81.6 Å². The first kappa shape index (κ1) is 7.67. The van der Waals surface area contributed by atoms with E-state index in [1.165, 1.54) is 12.8 Å². The molecule has 1 saturated carbocycles. The Hall–Kier alpha value is -1.71. The van der Waals surface area contributed by atoms with Crippen LogP contribution in [0.25, 0.3) is 11.4 Å². The SMILES string of the molecule is c1cc(-c2nncn2C2CC2)ccn1. The third-order valence-electron chi connectivity index (χ3n) is 2.45. The van der Waals surface area contributed by atoms with Gasteiger partial charge in [0.05, 0.1) is 0 Å². The van der Waals surface area contributed by atoms with Crippen LogP contribution < -0.4 is 0 Å². The van der Waals surface area contributed by atoms with Crippen LogP contribution in [-0.2, 0) is 0 Å². The average molecular weight is 186 g/mol. The maximum Gasteiger partial charge on any atom is 0.164 e. The van der Waals surface area contributed by atoms with E-state index in [0.29, 0.717) is 6.04 Å². The van der Waals surface area contributed by atoms with Crippen molar-refractivity contribution in [3.63, 3.8) is 0 Å². The van der Waals surface area contributed by atoms with E-state index in [-0.39, 0.29) is 0 Å². The van der Waals surface area contributed by atoms with E-state index in [1.54, 1.807) is 12.4 Å². The molecule has 0 unspecified atom stereocenters. The summed E-state index contributed by atoms with van der Waals surface area (Å²) in [4.78, 5) is 3.99. The van der Waals surface area contributed by atoms with Crippen molar-refractivity contribution < 1.29 is 0 Å². The highest BCUT2D eigenvalue weighted by Crippen LogP contribution is 2.37. The van der Waals surface area contributed by atoms with Crippen molar-refractivity contribution in [2.45, 2.75) is 18.9 Å². The summed E-state index contributed by atoms with van der Waals surface area (Å²) in [5.74, 6) is 0.954. The number of hydrogen-bond acceptors (Lipinski definition) is 3. The zero-order valence-electron chi connectivity index (χ0n) is 7.67. The minimum atomic E-state index is 0.619. The van der Waals surface area contributed by atoms with Gasteiger partial charge in [0.15, 0.2) is 5.82 Å². The number of aromatic nitrogens is 4. The first-order chi connectivity index (χ1) is 6.95. The zero-order chi connectivity index (χ0) is 9.38. The fourth-order valence-corrected chi connectivity index (χ4v) is 1.57. The van der Waals surface area contributed by atoms with E-state index in [2.05, 4.69) is 19.7 Å².